The van der Waals surface area contributed by atoms with E-state index in [0.717, 1.165) is 0 Å². The summed E-state index contributed by atoms with van der Waals surface area (Å²) in [4.78, 5) is 28.1. The third kappa shape index (κ3) is 7.44. The summed E-state index contributed by atoms with van der Waals surface area (Å²) in [5, 5.41) is 51.8. The van der Waals surface area contributed by atoms with Gasteiger partial charge in [0.2, 0.25) is 29.8 Å². The number of methoxy groups -OCH3 is 3. The molecule has 3 heterocycles. The second kappa shape index (κ2) is 14.6. The van der Waals surface area contributed by atoms with Crippen molar-refractivity contribution in [2.75, 3.05) is 27.9 Å². The number of hydrogen-bond donors (Lipinski definition) is 4. The minimum Gasteiger partial charge on any atom is -0.545 e. The van der Waals surface area contributed by atoms with Crippen molar-refractivity contribution in [3.8, 4) is 47.0 Å². The van der Waals surface area contributed by atoms with Crippen LogP contribution < -0.4 is 63.1 Å². The average molecular weight is 600 g/mol. The normalized spacial score (nSPS) is 21.5. The van der Waals surface area contributed by atoms with E-state index in [-0.39, 0.29) is 70.6 Å². The second-order valence-electron chi connectivity index (χ2n) is 8.20. The number of aromatic nitrogens is 4. The van der Waals surface area contributed by atoms with Crippen LogP contribution in [0.15, 0.2) is 30.3 Å². The van der Waals surface area contributed by atoms with Gasteiger partial charge in [0.1, 0.15) is 35.9 Å². The summed E-state index contributed by atoms with van der Waals surface area (Å²) in [5.74, 6) is -2.49. The maximum Gasteiger partial charge on any atom is 1.00 e. The molecule has 1 aliphatic heterocycles. The number of aliphatic hydroxyl groups excluding tert-OH is 4. The molecule has 0 saturated carbocycles. The van der Waals surface area contributed by atoms with E-state index >= 15 is 0 Å². The van der Waals surface area contributed by atoms with Crippen LogP contribution in [0.3, 0.4) is 0 Å². The number of ether oxygens (including phenoxy) is 7. The van der Waals surface area contributed by atoms with Gasteiger partial charge in [0.15, 0.2) is 0 Å². The zero-order valence-corrected chi connectivity index (χ0v) is 24.7. The summed E-state index contributed by atoms with van der Waals surface area (Å²) in [6.45, 7) is -0.676. The standard InChI is InChI=1S/C24H26N4O13.Na/c1-35-13-7-14(36-2)26-23(25-13)39-10-5-4-6-11(17(10)21(33)34)40-24-27-15(37-3)8-16(28-24)41-22-20(32)19(31)18(30)12(9-29)38-22;/h4-8,12,18-20,22,29-32H,9H2,1-3H3,(H,33,34);/q;+1/p-1/t12-,18-,19+,20-,22+;/m1./s1. The van der Waals surface area contributed by atoms with Crippen LogP contribution >= 0.6 is 0 Å². The van der Waals surface area contributed by atoms with Crippen molar-refractivity contribution in [1.82, 2.24) is 19.9 Å². The summed E-state index contributed by atoms with van der Waals surface area (Å²) in [6.07, 6.45) is -7.84. The molecule has 3 aromatic rings. The van der Waals surface area contributed by atoms with Crippen LogP contribution in [0.2, 0.25) is 0 Å². The third-order valence-electron chi connectivity index (χ3n) is 5.62. The molecule has 220 valence electrons. The third-order valence-corrected chi connectivity index (χ3v) is 5.62. The van der Waals surface area contributed by atoms with Crippen LogP contribution in [0.1, 0.15) is 10.4 Å². The Kier molecular flexibility index (Phi) is 11.4. The molecule has 0 radical (unpaired) electrons. The molecule has 0 amide bonds. The predicted molar refractivity (Wildman–Crippen MR) is 129 cm³/mol. The zero-order chi connectivity index (χ0) is 29.7. The van der Waals surface area contributed by atoms with Crippen molar-refractivity contribution < 1.29 is 93.0 Å². The summed E-state index contributed by atoms with van der Waals surface area (Å²) in [5.41, 5.74) is -0.555. The van der Waals surface area contributed by atoms with E-state index in [1.54, 1.807) is 0 Å². The first-order valence-electron chi connectivity index (χ1n) is 11.7. The number of carbonyl (C=O) groups is 1. The van der Waals surface area contributed by atoms with Crippen molar-refractivity contribution in [3.63, 3.8) is 0 Å². The van der Waals surface area contributed by atoms with Gasteiger partial charge in [-0.2, -0.15) is 19.9 Å². The van der Waals surface area contributed by atoms with Crippen LogP contribution in [0.25, 0.3) is 0 Å². The molecule has 4 rings (SSSR count). The fourth-order valence-electron chi connectivity index (χ4n) is 3.60. The molecule has 2 aromatic heterocycles. The van der Waals surface area contributed by atoms with Crippen molar-refractivity contribution in [1.29, 1.82) is 0 Å². The van der Waals surface area contributed by atoms with Crippen LogP contribution in [-0.4, -0.2) is 105 Å². The maximum absolute atomic E-state index is 12.1. The van der Waals surface area contributed by atoms with Gasteiger partial charge in [0, 0.05) is 0 Å². The molecule has 18 heteroatoms. The number of aromatic carboxylic acids is 1. The van der Waals surface area contributed by atoms with E-state index < -0.39 is 54.9 Å². The number of benzene rings is 1. The molecule has 42 heavy (non-hydrogen) atoms. The fourth-order valence-corrected chi connectivity index (χ4v) is 3.60. The number of nitrogens with zero attached hydrogens (tertiary/aromatic N) is 4. The predicted octanol–water partition coefficient (Wildman–Crippen LogP) is -4.58. The molecule has 0 bridgehead atoms. The smallest absolute Gasteiger partial charge is 0.545 e. The Morgan fingerprint density at radius 2 is 1.31 bits per heavy atom. The van der Waals surface area contributed by atoms with E-state index in [9.17, 15) is 30.3 Å². The van der Waals surface area contributed by atoms with Crippen molar-refractivity contribution >= 4 is 5.97 Å². The summed E-state index contributed by atoms with van der Waals surface area (Å²) >= 11 is 0. The number of carbonyl (C=O) groups excluding carboxylic acids is 1. The van der Waals surface area contributed by atoms with Gasteiger partial charge >= 0.3 is 41.6 Å². The molecule has 4 N–H and O–H groups in total. The monoisotopic (exact) mass is 600 g/mol. The molecule has 17 nitrogen and oxygen atoms in total. The van der Waals surface area contributed by atoms with Gasteiger partial charge in [-0.1, -0.05) is 6.07 Å². The van der Waals surface area contributed by atoms with Gasteiger partial charge in [-0.3, -0.25) is 0 Å². The van der Waals surface area contributed by atoms with E-state index in [1.807, 2.05) is 0 Å². The van der Waals surface area contributed by atoms with Crippen LogP contribution in [0.5, 0.6) is 47.0 Å². The Hall–Kier alpha value is -3.55. The number of carboxylic acids is 1. The minimum absolute atomic E-state index is 0. The Morgan fingerprint density at radius 3 is 1.76 bits per heavy atom. The number of hydrogen-bond acceptors (Lipinski definition) is 17. The van der Waals surface area contributed by atoms with Crippen LogP contribution in [0.4, 0.5) is 0 Å². The Labute approximate surface area is 259 Å². The molecular formula is C24H25N4NaO13. The minimum atomic E-state index is -1.73. The number of aliphatic hydroxyl groups is 4. The molecule has 1 fully saturated rings. The fraction of sp³-hybridized carbons (Fsp3) is 0.375. The quantitative estimate of drug-likeness (QED) is 0.152. The van der Waals surface area contributed by atoms with Crippen molar-refractivity contribution in [2.45, 2.75) is 30.7 Å². The Morgan fingerprint density at radius 1 is 0.833 bits per heavy atom. The number of carboxylic acid groups (broad SMARTS) is 1. The van der Waals surface area contributed by atoms with Gasteiger partial charge in [-0.25, -0.2) is 0 Å². The molecule has 1 aliphatic rings. The number of rotatable bonds is 11. The van der Waals surface area contributed by atoms with Crippen molar-refractivity contribution in [2.24, 2.45) is 0 Å². The van der Waals surface area contributed by atoms with Gasteiger partial charge in [0.05, 0.1) is 51.6 Å². The molecular weight excluding hydrogens is 575 g/mol. The molecule has 0 unspecified atom stereocenters. The molecule has 5 atom stereocenters. The Bertz CT molecular complexity index is 1360. The SMILES string of the molecule is COc1cc(OC)nc(Oc2cccc(Oc3nc(OC)cc(O[C@@H]4O[C@H](CO)[C@@H](O)[C@H](O)[C@H]4O)n3)c2C(=O)[O-])n1.[Na+]. The Balaban J connectivity index is 0.00000484. The topological polar surface area (TPSA) is 237 Å². The molecule has 1 saturated heterocycles. The van der Waals surface area contributed by atoms with E-state index in [0.29, 0.717) is 0 Å². The molecule has 0 aliphatic carbocycles. The van der Waals surface area contributed by atoms with E-state index in [2.05, 4.69) is 19.9 Å². The maximum atomic E-state index is 12.1. The van der Waals surface area contributed by atoms with Gasteiger partial charge in [0.25, 0.3) is 0 Å². The second-order valence-corrected chi connectivity index (χ2v) is 8.20. The first-order valence-corrected chi connectivity index (χ1v) is 11.7. The summed E-state index contributed by atoms with van der Waals surface area (Å²) in [7, 11) is 3.99. The van der Waals surface area contributed by atoms with Gasteiger partial charge < -0.3 is 63.5 Å². The zero-order valence-electron chi connectivity index (χ0n) is 22.7. The summed E-state index contributed by atoms with van der Waals surface area (Å²) < 4.78 is 37.3. The summed E-state index contributed by atoms with van der Waals surface area (Å²) in [6, 6.07) is 5.77. The van der Waals surface area contributed by atoms with Crippen molar-refractivity contribution in [3.05, 3.63) is 35.9 Å². The first-order chi connectivity index (χ1) is 19.7. The van der Waals surface area contributed by atoms with Gasteiger partial charge in [-0.05, 0) is 12.1 Å². The largest absolute Gasteiger partial charge is 1.00 e. The average Bonchev–Trinajstić information content (AvgIpc) is 2.96. The van der Waals surface area contributed by atoms with E-state index in [4.69, 9.17) is 33.2 Å². The first kappa shape index (κ1) is 33.0. The van der Waals surface area contributed by atoms with Crippen LogP contribution in [0, 0.1) is 0 Å². The van der Waals surface area contributed by atoms with Crippen LogP contribution in [-0.2, 0) is 4.74 Å². The van der Waals surface area contributed by atoms with Gasteiger partial charge in [-0.15, -0.1) is 0 Å². The molecule has 1 aromatic carbocycles. The molecule has 0 spiro atoms. The van der Waals surface area contributed by atoms with E-state index in [1.165, 1.54) is 51.7 Å².